The maximum atomic E-state index is 11.8. The van der Waals surface area contributed by atoms with Crippen LogP contribution in [0.4, 0.5) is 0 Å². The molecule has 1 amide bonds. The van der Waals surface area contributed by atoms with E-state index >= 15 is 0 Å². The van der Waals surface area contributed by atoms with Crippen LogP contribution in [-0.4, -0.2) is 25.0 Å². The number of benzene rings is 1. The zero-order valence-electron chi connectivity index (χ0n) is 12.0. The van der Waals surface area contributed by atoms with Crippen molar-refractivity contribution in [2.24, 2.45) is 5.92 Å². The van der Waals surface area contributed by atoms with Crippen LogP contribution in [0.3, 0.4) is 0 Å². The summed E-state index contributed by atoms with van der Waals surface area (Å²) in [5.41, 5.74) is 0.696. The third-order valence-corrected chi connectivity index (χ3v) is 3.17. The number of hydrogen-bond donors (Lipinski definition) is 1. The van der Waals surface area contributed by atoms with E-state index in [2.05, 4.69) is 10.1 Å². The number of hydrogen-bond acceptors (Lipinski definition) is 3. The highest BCUT2D eigenvalue weighted by Crippen LogP contribution is 2.19. The molecule has 0 heterocycles. The van der Waals surface area contributed by atoms with Gasteiger partial charge in [0.05, 0.1) is 7.11 Å². The lowest BCUT2D eigenvalue weighted by molar-refractivity contribution is -0.145. The highest BCUT2D eigenvalue weighted by molar-refractivity contribution is 6.34. The van der Waals surface area contributed by atoms with E-state index in [1.165, 1.54) is 13.2 Å². The van der Waals surface area contributed by atoms with E-state index < -0.39 is 17.9 Å². The molecule has 114 valence electrons. The summed E-state index contributed by atoms with van der Waals surface area (Å²) >= 11 is 11.7. The van der Waals surface area contributed by atoms with Crippen molar-refractivity contribution in [2.75, 3.05) is 7.11 Å². The Labute approximate surface area is 134 Å². The largest absolute Gasteiger partial charge is 0.467 e. The standard InChI is InChI=1S/C15H17Cl2NO3/c1-9(2)14(15(20)21-3)18-13(19)5-4-10-6-11(16)8-12(17)7-10/h4-9,14H,1-3H3,(H,18,19). The Kier molecular flexibility index (Phi) is 6.72. The van der Waals surface area contributed by atoms with Gasteiger partial charge < -0.3 is 10.1 Å². The zero-order valence-corrected chi connectivity index (χ0v) is 13.5. The lowest BCUT2D eigenvalue weighted by Crippen LogP contribution is -2.44. The van der Waals surface area contributed by atoms with Crippen LogP contribution in [0.1, 0.15) is 19.4 Å². The summed E-state index contributed by atoms with van der Waals surface area (Å²) in [5.74, 6) is -0.942. The molecule has 0 aliphatic carbocycles. The highest BCUT2D eigenvalue weighted by atomic mass is 35.5. The molecular weight excluding hydrogens is 313 g/mol. The third-order valence-electron chi connectivity index (χ3n) is 2.73. The number of amides is 1. The van der Waals surface area contributed by atoms with Gasteiger partial charge in [-0.25, -0.2) is 4.79 Å². The molecule has 21 heavy (non-hydrogen) atoms. The first kappa shape index (κ1) is 17.5. The van der Waals surface area contributed by atoms with Crippen LogP contribution in [0.5, 0.6) is 0 Å². The van der Waals surface area contributed by atoms with E-state index in [4.69, 9.17) is 23.2 Å². The lowest BCUT2D eigenvalue weighted by Gasteiger charge is -2.18. The van der Waals surface area contributed by atoms with Crippen molar-refractivity contribution in [1.29, 1.82) is 0 Å². The van der Waals surface area contributed by atoms with Crippen molar-refractivity contribution in [3.8, 4) is 0 Å². The van der Waals surface area contributed by atoms with Gasteiger partial charge in [-0.2, -0.15) is 0 Å². The summed E-state index contributed by atoms with van der Waals surface area (Å²) in [6.07, 6.45) is 2.89. The molecule has 1 rings (SSSR count). The molecule has 0 aliphatic rings. The van der Waals surface area contributed by atoms with Crippen LogP contribution < -0.4 is 5.32 Å². The molecule has 0 saturated heterocycles. The number of halogens is 2. The number of rotatable bonds is 5. The van der Waals surface area contributed by atoms with E-state index in [9.17, 15) is 9.59 Å². The van der Waals surface area contributed by atoms with Crippen molar-refractivity contribution in [3.05, 3.63) is 39.9 Å². The quantitative estimate of drug-likeness (QED) is 0.666. The molecule has 6 heteroatoms. The zero-order chi connectivity index (χ0) is 16.0. The van der Waals surface area contributed by atoms with E-state index in [1.54, 1.807) is 24.3 Å². The fraction of sp³-hybridized carbons (Fsp3) is 0.333. The molecule has 4 nitrogen and oxygen atoms in total. The summed E-state index contributed by atoms with van der Waals surface area (Å²) in [5, 5.41) is 3.57. The summed E-state index contributed by atoms with van der Waals surface area (Å²) in [7, 11) is 1.29. The van der Waals surface area contributed by atoms with Gasteiger partial charge >= 0.3 is 5.97 Å². The first-order valence-electron chi connectivity index (χ1n) is 6.36. The predicted molar refractivity (Wildman–Crippen MR) is 84.3 cm³/mol. The van der Waals surface area contributed by atoms with Crippen LogP contribution >= 0.6 is 23.2 Å². The van der Waals surface area contributed by atoms with E-state index in [0.717, 1.165) is 0 Å². The molecule has 1 unspecified atom stereocenters. The predicted octanol–water partition coefficient (Wildman–Crippen LogP) is 3.32. The summed E-state index contributed by atoms with van der Waals surface area (Å²) in [4.78, 5) is 23.4. The number of esters is 1. The van der Waals surface area contributed by atoms with Gasteiger partial charge in [-0.1, -0.05) is 37.0 Å². The van der Waals surface area contributed by atoms with E-state index in [0.29, 0.717) is 15.6 Å². The topological polar surface area (TPSA) is 55.4 Å². The monoisotopic (exact) mass is 329 g/mol. The maximum Gasteiger partial charge on any atom is 0.328 e. The Balaban J connectivity index is 2.75. The molecule has 0 aromatic heterocycles. The van der Waals surface area contributed by atoms with Crippen LogP contribution in [0.25, 0.3) is 6.08 Å². The Morgan fingerprint density at radius 2 is 1.76 bits per heavy atom. The fourth-order valence-corrected chi connectivity index (χ4v) is 2.21. The van der Waals surface area contributed by atoms with E-state index in [-0.39, 0.29) is 5.92 Å². The first-order valence-corrected chi connectivity index (χ1v) is 7.11. The second-order valence-corrected chi connectivity index (χ2v) is 5.66. The molecule has 0 saturated carbocycles. The Morgan fingerprint density at radius 1 is 1.19 bits per heavy atom. The summed E-state index contributed by atoms with van der Waals surface area (Å²) < 4.78 is 4.66. The third kappa shape index (κ3) is 5.78. The molecule has 0 aliphatic heterocycles. The Bertz CT molecular complexity index is 536. The Hall–Kier alpha value is -1.52. The first-order chi connectivity index (χ1) is 9.83. The molecule has 0 fully saturated rings. The van der Waals surface area contributed by atoms with Gasteiger partial charge in [0.2, 0.25) is 5.91 Å². The van der Waals surface area contributed by atoms with Crippen LogP contribution in [0.15, 0.2) is 24.3 Å². The summed E-state index contributed by atoms with van der Waals surface area (Å²) in [6, 6.07) is 4.27. The van der Waals surface area contributed by atoms with Crippen molar-refractivity contribution < 1.29 is 14.3 Å². The molecule has 1 atom stereocenters. The van der Waals surface area contributed by atoms with Crippen molar-refractivity contribution in [2.45, 2.75) is 19.9 Å². The smallest absolute Gasteiger partial charge is 0.328 e. The van der Waals surface area contributed by atoms with Crippen molar-refractivity contribution in [1.82, 2.24) is 5.32 Å². The van der Waals surface area contributed by atoms with Crippen LogP contribution in [0.2, 0.25) is 10.0 Å². The molecule has 0 bridgehead atoms. The molecule has 1 N–H and O–H groups in total. The van der Waals surface area contributed by atoms with Crippen molar-refractivity contribution in [3.63, 3.8) is 0 Å². The van der Waals surface area contributed by atoms with Gasteiger partial charge in [-0.15, -0.1) is 0 Å². The molecule has 0 spiro atoms. The number of ether oxygens (including phenoxy) is 1. The second-order valence-electron chi connectivity index (χ2n) is 4.79. The minimum atomic E-state index is -0.685. The number of methoxy groups -OCH3 is 1. The average molecular weight is 330 g/mol. The number of nitrogens with one attached hydrogen (secondary N) is 1. The van der Waals surface area contributed by atoms with Gasteiger partial charge in [-0.05, 0) is 35.8 Å². The number of carbonyl (C=O) groups excluding carboxylic acids is 2. The SMILES string of the molecule is COC(=O)C(NC(=O)C=Cc1cc(Cl)cc(Cl)c1)C(C)C. The lowest BCUT2D eigenvalue weighted by atomic mass is 10.0. The van der Waals surface area contributed by atoms with Gasteiger partial charge in [-0.3, -0.25) is 4.79 Å². The molecular formula is C15H17Cl2NO3. The second kappa shape index (κ2) is 8.05. The molecule has 0 radical (unpaired) electrons. The van der Waals surface area contributed by atoms with E-state index in [1.807, 2.05) is 13.8 Å². The minimum Gasteiger partial charge on any atom is -0.467 e. The van der Waals surface area contributed by atoms with Crippen molar-refractivity contribution >= 4 is 41.2 Å². The van der Waals surface area contributed by atoms with Gasteiger partial charge in [0, 0.05) is 16.1 Å². The fourth-order valence-electron chi connectivity index (χ4n) is 1.67. The average Bonchev–Trinajstić information content (AvgIpc) is 2.40. The molecule has 1 aromatic carbocycles. The summed E-state index contributed by atoms with van der Waals surface area (Å²) in [6.45, 7) is 3.64. The van der Waals surface area contributed by atoms with Crippen LogP contribution in [-0.2, 0) is 14.3 Å². The highest BCUT2D eigenvalue weighted by Gasteiger charge is 2.23. The van der Waals surface area contributed by atoms with Gasteiger partial charge in [0.1, 0.15) is 6.04 Å². The molecule has 1 aromatic rings. The Morgan fingerprint density at radius 3 is 2.24 bits per heavy atom. The maximum absolute atomic E-state index is 11.8. The normalized spacial score (nSPS) is 12.5. The number of carbonyl (C=O) groups is 2. The van der Waals surface area contributed by atoms with Crippen LogP contribution in [0, 0.1) is 5.92 Å². The van der Waals surface area contributed by atoms with Gasteiger partial charge in [0.25, 0.3) is 0 Å². The minimum absolute atomic E-state index is 0.0737. The van der Waals surface area contributed by atoms with Gasteiger partial charge in [0.15, 0.2) is 0 Å².